The highest BCUT2D eigenvalue weighted by Crippen LogP contribution is 2.36. The summed E-state index contributed by atoms with van der Waals surface area (Å²) in [6, 6.07) is 5.48. The van der Waals surface area contributed by atoms with Crippen molar-refractivity contribution in [3.63, 3.8) is 0 Å². The average Bonchev–Trinajstić information content (AvgIpc) is 2.45. The molecule has 1 aliphatic rings. The number of nitrogens with zero attached hydrogens (tertiary/aromatic N) is 4. The van der Waals surface area contributed by atoms with E-state index < -0.39 is 6.10 Å². The molecular formula is C13H13N5O2. The molecule has 0 saturated heterocycles. The van der Waals surface area contributed by atoms with Crippen molar-refractivity contribution in [1.82, 2.24) is 15.2 Å². The summed E-state index contributed by atoms with van der Waals surface area (Å²) in [5.41, 5.74) is 7.62. The van der Waals surface area contributed by atoms with E-state index in [-0.39, 0.29) is 11.9 Å². The Bertz CT molecular complexity index is 688. The normalized spacial score (nSPS) is 17.6. The van der Waals surface area contributed by atoms with Crippen LogP contribution in [-0.4, -0.2) is 34.2 Å². The van der Waals surface area contributed by atoms with Crippen LogP contribution >= 0.6 is 0 Å². The summed E-state index contributed by atoms with van der Waals surface area (Å²) in [4.78, 5) is 17.6. The van der Waals surface area contributed by atoms with Gasteiger partial charge in [0.15, 0.2) is 6.10 Å². The lowest BCUT2D eigenvalue weighted by atomic mass is 10.1. The Kier molecular flexibility index (Phi) is 2.74. The van der Waals surface area contributed by atoms with Gasteiger partial charge in [-0.3, -0.25) is 4.79 Å². The molecule has 0 spiro atoms. The smallest absolute Gasteiger partial charge is 0.267 e. The van der Waals surface area contributed by atoms with Gasteiger partial charge < -0.3 is 15.4 Å². The van der Waals surface area contributed by atoms with Gasteiger partial charge in [-0.2, -0.15) is 5.10 Å². The first-order valence-corrected chi connectivity index (χ1v) is 6.10. The predicted molar refractivity (Wildman–Crippen MR) is 73.2 cm³/mol. The molecule has 102 valence electrons. The second kappa shape index (κ2) is 4.44. The zero-order valence-electron chi connectivity index (χ0n) is 11.1. The van der Waals surface area contributed by atoms with Gasteiger partial charge in [-0.25, -0.2) is 4.98 Å². The van der Waals surface area contributed by atoms with Crippen LogP contribution in [0.25, 0.3) is 11.3 Å². The summed E-state index contributed by atoms with van der Waals surface area (Å²) in [5.74, 6) is 0.683. The van der Waals surface area contributed by atoms with Crippen molar-refractivity contribution in [3.05, 3.63) is 24.4 Å². The molecule has 1 atom stereocenters. The Balaban J connectivity index is 2.08. The van der Waals surface area contributed by atoms with Gasteiger partial charge in [0, 0.05) is 12.6 Å². The van der Waals surface area contributed by atoms with Crippen LogP contribution in [0.5, 0.6) is 5.75 Å². The zero-order valence-corrected chi connectivity index (χ0v) is 11.1. The number of benzene rings is 1. The van der Waals surface area contributed by atoms with Crippen molar-refractivity contribution in [1.29, 1.82) is 0 Å². The van der Waals surface area contributed by atoms with Crippen molar-refractivity contribution >= 4 is 17.5 Å². The zero-order chi connectivity index (χ0) is 14.3. The van der Waals surface area contributed by atoms with Crippen LogP contribution in [0, 0.1) is 0 Å². The molecule has 1 aliphatic heterocycles. The maximum absolute atomic E-state index is 11.9. The van der Waals surface area contributed by atoms with Gasteiger partial charge in [0.2, 0.25) is 5.95 Å². The van der Waals surface area contributed by atoms with Crippen LogP contribution < -0.4 is 15.4 Å². The summed E-state index contributed by atoms with van der Waals surface area (Å²) < 4.78 is 5.56. The van der Waals surface area contributed by atoms with E-state index in [1.54, 1.807) is 18.9 Å². The van der Waals surface area contributed by atoms with E-state index in [9.17, 15) is 4.79 Å². The van der Waals surface area contributed by atoms with Gasteiger partial charge >= 0.3 is 0 Å². The Morgan fingerprint density at radius 2 is 2.20 bits per heavy atom. The Morgan fingerprint density at radius 3 is 2.95 bits per heavy atom. The second-order valence-corrected chi connectivity index (χ2v) is 4.54. The first kappa shape index (κ1) is 12.3. The number of fused-ring (bicyclic) bond motifs is 1. The van der Waals surface area contributed by atoms with Crippen molar-refractivity contribution in [2.75, 3.05) is 17.7 Å². The van der Waals surface area contributed by atoms with Gasteiger partial charge in [0.05, 0.1) is 17.6 Å². The van der Waals surface area contributed by atoms with Crippen molar-refractivity contribution in [2.24, 2.45) is 0 Å². The van der Waals surface area contributed by atoms with E-state index >= 15 is 0 Å². The number of amides is 1. The summed E-state index contributed by atoms with van der Waals surface area (Å²) >= 11 is 0. The summed E-state index contributed by atoms with van der Waals surface area (Å²) in [6.07, 6.45) is 1.04. The predicted octanol–water partition coefficient (Wildman–Crippen LogP) is 0.864. The minimum atomic E-state index is -0.477. The lowest BCUT2D eigenvalue weighted by Gasteiger charge is -2.30. The van der Waals surface area contributed by atoms with Crippen LogP contribution in [-0.2, 0) is 4.79 Å². The fraction of sp³-hybridized carbons (Fsp3) is 0.231. The Morgan fingerprint density at radius 1 is 1.40 bits per heavy atom. The van der Waals surface area contributed by atoms with Gasteiger partial charge in [-0.1, -0.05) is 0 Å². The van der Waals surface area contributed by atoms with E-state index in [0.717, 1.165) is 5.56 Å². The molecule has 0 bridgehead atoms. The van der Waals surface area contributed by atoms with Crippen molar-refractivity contribution in [2.45, 2.75) is 13.0 Å². The SMILES string of the molecule is CC1Oc2ccc(-c3cnnc(N)n3)cc2N(C)C1=O. The molecule has 0 fully saturated rings. The molecule has 0 radical (unpaired) electrons. The number of anilines is 2. The Hall–Kier alpha value is -2.70. The first-order valence-electron chi connectivity index (χ1n) is 6.10. The quantitative estimate of drug-likeness (QED) is 0.826. The van der Waals surface area contributed by atoms with E-state index in [2.05, 4.69) is 15.2 Å². The lowest BCUT2D eigenvalue weighted by Crippen LogP contribution is -2.41. The summed E-state index contributed by atoms with van der Waals surface area (Å²) in [7, 11) is 1.72. The molecule has 0 saturated carbocycles. The van der Waals surface area contributed by atoms with Gasteiger partial charge in [0.25, 0.3) is 5.91 Å². The molecule has 7 nitrogen and oxygen atoms in total. The monoisotopic (exact) mass is 271 g/mol. The molecule has 7 heteroatoms. The number of carbonyl (C=O) groups excluding carboxylic acids is 1. The highest BCUT2D eigenvalue weighted by molar-refractivity contribution is 5.99. The van der Waals surface area contributed by atoms with E-state index in [0.29, 0.717) is 17.1 Å². The number of hydrogen-bond acceptors (Lipinski definition) is 6. The average molecular weight is 271 g/mol. The van der Waals surface area contributed by atoms with Crippen LogP contribution in [0.1, 0.15) is 6.92 Å². The molecular weight excluding hydrogens is 258 g/mol. The molecule has 1 amide bonds. The van der Waals surface area contributed by atoms with Crippen LogP contribution in [0.2, 0.25) is 0 Å². The minimum absolute atomic E-state index is 0.0880. The number of hydrogen-bond donors (Lipinski definition) is 1. The third-order valence-corrected chi connectivity index (χ3v) is 3.17. The molecule has 3 rings (SSSR count). The molecule has 0 aliphatic carbocycles. The lowest BCUT2D eigenvalue weighted by molar-refractivity contribution is -0.125. The number of carbonyl (C=O) groups is 1. The first-order chi connectivity index (χ1) is 9.56. The molecule has 20 heavy (non-hydrogen) atoms. The molecule has 2 N–H and O–H groups in total. The van der Waals surface area contributed by atoms with E-state index in [4.69, 9.17) is 10.5 Å². The maximum Gasteiger partial charge on any atom is 0.267 e. The van der Waals surface area contributed by atoms with Gasteiger partial charge in [0.1, 0.15) is 5.75 Å². The number of nitrogens with two attached hydrogens (primary N) is 1. The van der Waals surface area contributed by atoms with E-state index in [1.807, 2.05) is 18.2 Å². The largest absolute Gasteiger partial charge is 0.479 e. The number of likely N-dealkylation sites (N-methyl/N-ethyl adjacent to an activating group) is 1. The van der Waals surface area contributed by atoms with Gasteiger partial charge in [-0.15, -0.1) is 5.10 Å². The van der Waals surface area contributed by atoms with E-state index in [1.165, 1.54) is 6.20 Å². The van der Waals surface area contributed by atoms with Crippen LogP contribution in [0.3, 0.4) is 0 Å². The second-order valence-electron chi connectivity index (χ2n) is 4.54. The van der Waals surface area contributed by atoms with Gasteiger partial charge in [-0.05, 0) is 25.1 Å². The number of nitrogen functional groups attached to an aromatic ring is 1. The van der Waals surface area contributed by atoms with Crippen molar-refractivity contribution in [3.8, 4) is 17.0 Å². The fourth-order valence-corrected chi connectivity index (χ4v) is 2.13. The fourth-order valence-electron chi connectivity index (χ4n) is 2.13. The third kappa shape index (κ3) is 1.93. The van der Waals surface area contributed by atoms with Crippen molar-refractivity contribution < 1.29 is 9.53 Å². The minimum Gasteiger partial charge on any atom is -0.479 e. The maximum atomic E-state index is 11.9. The number of ether oxygens (including phenoxy) is 1. The highest BCUT2D eigenvalue weighted by Gasteiger charge is 2.29. The molecule has 1 aromatic heterocycles. The summed E-state index contributed by atoms with van der Waals surface area (Å²) in [6.45, 7) is 1.73. The Labute approximate surface area is 115 Å². The number of rotatable bonds is 1. The molecule has 2 heterocycles. The molecule has 2 aromatic rings. The molecule has 1 unspecified atom stereocenters. The van der Waals surface area contributed by atoms with Crippen LogP contribution in [0.4, 0.5) is 11.6 Å². The topological polar surface area (TPSA) is 94.2 Å². The summed E-state index contributed by atoms with van der Waals surface area (Å²) in [5, 5.41) is 7.39. The molecule has 1 aromatic carbocycles. The van der Waals surface area contributed by atoms with Crippen LogP contribution in [0.15, 0.2) is 24.4 Å². The highest BCUT2D eigenvalue weighted by atomic mass is 16.5. The standard InChI is InChI=1S/C13H13N5O2/c1-7-12(19)18(2)10-5-8(3-4-11(10)20-7)9-6-15-17-13(14)16-9/h3-7H,1-2H3,(H2,14,16,17). The third-order valence-electron chi connectivity index (χ3n) is 3.17. The number of aromatic nitrogens is 3.